The van der Waals surface area contributed by atoms with Crippen molar-refractivity contribution >= 4 is 11.7 Å². The molecule has 1 aromatic rings. The number of carbonyl (C=O) groups is 1. The Kier molecular flexibility index (Phi) is 6.72. The highest BCUT2D eigenvalue weighted by Crippen LogP contribution is 2.13. The van der Waals surface area contributed by atoms with Gasteiger partial charge in [-0.1, -0.05) is 24.8 Å². The molecule has 0 radical (unpaired) electrons. The topological polar surface area (TPSA) is 29.5 Å². The van der Waals surface area contributed by atoms with E-state index in [1.54, 1.807) is 6.92 Å². The number of nitrogens with zero attached hydrogens (tertiary/aromatic N) is 1. The third kappa shape index (κ3) is 5.60. The van der Waals surface area contributed by atoms with Gasteiger partial charge in [0.2, 0.25) is 0 Å². The van der Waals surface area contributed by atoms with Gasteiger partial charge in [-0.2, -0.15) is 0 Å². The lowest BCUT2D eigenvalue weighted by Crippen LogP contribution is -2.18. The zero-order valence-corrected chi connectivity index (χ0v) is 11.9. The van der Waals surface area contributed by atoms with E-state index in [1.165, 1.54) is 5.69 Å². The van der Waals surface area contributed by atoms with Crippen molar-refractivity contribution in [3.63, 3.8) is 0 Å². The molecule has 1 rings (SSSR count). The number of esters is 1. The maximum Gasteiger partial charge on any atom is 0.333 e. The first-order valence-electron chi connectivity index (χ1n) is 6.76. The molecule has 0 bridgehead atoms. The Balaban J connectivity index is 2.21. The maximum absolute atomic E-state index is 11.4. The second kappa shape index (κ2) is 8.35. The molecule has 0 amide bonds. The van der Waals surface area contributed by atoms with E-state index in [9.17, 15) is 4.79 Å². The lowest BCUT2D eigenvalue weighted by molar-refractivity contribution is -0.138. The van der Waals surface area contributed by atoms with Crippen molar-refractivity contribution in [1.29, 1.82) is 0 Å². The van der Waals surface area contributed by atoms with E-state index in [1.807, 2.05) is 18.2 Å². The van der Waals surface area contributed by atoms with E-state index in [0.29, 0.717) is 18.6 Å². The normalized spacial score (nSPS) is 10.0. The number of para-hydroxylation sites is 1. The molecule has 0 saturated heterocycles. The van der Waals surface area contributed by atoms with Crippen molar-refractivity contribution in [2.45, 2.75) is 26.2 Å². The summed E-state index contributed by atoms with van der Waals surface area (Å²) in [6.07, 6.45) is 2.69. The SMILES string of the molecule is C=C(CCCCN(C)c1ccccc1)C(=O)OCC. The van der Waals surface area contributed by atoms with Crippen molar-refractivity contribution in [2.75, 3.05) is 25.1 Å². The van der Waals surface area contributed by atoms with Gasteiger partial charge in [-0.05, 0) is 38.3 Å². The van der Waals surface area contributed by atoms with Crippen molar-refractivity contribution in [3.8, 4) is 0 Å². The molecule has 0 aliphatic heterocycles. The van der Waals surface area contributed by atoms with Gasteiger partial charge in [0.1, 0.15) is 0 Å². The van der Waals surface area contributed by atoms with Crippen molar-refractivity contribution in [3.05, 3.63) is 42.5 Å². The quantitative estimate of drug-likeness (QED) is 0.408. The van der Waals surface area contributed by atoms with Crippen LogP contribution in [0.25, 0.3) is 0 Å². The molecule has 0 spiro atoms. The van der Waals surface area contributed by atoms with Crippen LogP contribution in [0, 0.1) is 0 Å². The molecule has 0 fully saturated rings. The average molecular weight is 261 g/mol. The summed E-state index contributed by atoms with van der Waals surface area (Å²) in [7, 11) is 2.08. The summed E-state index contributed by atoms with van der Waals surface area (Å²) in [5, 5.41) is 0. The molecule has 104 valence electrons. The van der Waals surface area contributed by atoms with E-state index in [4.69, 9.17) is 4.74 Å². The third-order valence-corrected chi connectivity index (χ3v) is 2.98. The highest BCUT2D eigenvalue weighted by atomic mass is 16.5. The number of ether oxygens (including phenoxy) is 1. The largest absolute Gasteiger partial charge is 0.463 e. The lowest BCUT2D eigenvalue weighted by atomic mass is 10.1. The summed E-state index contributed by atoms with van der Waals surface area (Å²) in [5.41, 5.74) is 1.79. The van der Waals surface area contributed by atoms with Crippen molar-refractivity contribution in [2.24, 2.45) is 0 Å². The minimum atomic E-state index is -0.265. The van der Waals surface area contributed by atoms with Gasteiger partial charge in [0.05, 0.1) is 6.61 Å². The van der Waals surface area contributed by atoms with Gasteiger partial charge in [-0.15, -0.1) is 0 Å². The molecule has 0 aromatic heterocycles. The zero-order chi connectivity index (χ0) is 14.1. The van der Waals surface area contributed by atoms with Gasteiger partial charge in [-0.25, -0.2) is 4.79 Å². The fourth-order valence-corrected chi connectivity index (χ4v) is 1.83. The number of rotatable bonds is 8. The van der Waals surface area contributed by atoms with Gasteiger partial charge < -0.3 is 9.64 Å². The van der Waals surface area contributed by atoms with E-state index in [2.05, 4.69) is 30.7 Å². The summed E-state index contributed by atoms with van der Waals surface area (Å²) in [6, 6.07) is 10.3. The summed E-state index contributed by atoms with van der Waals surface area (Å²) in [4.78, 5) is 13.6. The van der Waals surface area contributed by atoms with E-state index in [-0.39, 0.29) is 5.97 Å². The van der Waals surface area contributed by atoms with Gasteiger partial charge in [0.25, 0.3) is 0 Å². The molecular formula is C16H23NO2. The van der Waals surface area contributed by atoms with Crippen LogP contribution in [-0.4, -0.2) is 26.2 Å². The Morgan fingerprint density at radius 1 is 1.26 bits per heavy atom. The molecule has 0 unspecified atom stereocenters. The summed E-state index contributed by atoms with van der Waals surface area (Å²) in [5.74, 6) is -0.265. The molecular weight excluding hydrogens is 238 g/mol. The monoisotopic (exact) mass is 261 g/mol. The molecule has 0 saturated carbocycles. The van der Waals surface area contributed by atoms with Crippen LogP contribution >= 0.6 is 0 Å². The first-order valence-corrected chi connectivity index (χ1v) is 6.76. The van der Waals surface area contributed by atoms with E-state index < -0.39 is 0 Å². The van der Waals surface area contributed by atoms with Crippen LogP contribution in [-0.2, 0) is 9.53 Å². The number of unbranched alkanes of at least 4 members (excludes halogenated alkanes) is 1. The molecule has 0 heterocycles. The summed E-state index contributed by atoms with van der Waals surface area (Å²) < 4.78 is 4.90. The average Bonchev–Trinajstić information content (AvgIpc) is 2.44. The van der Waals surface area contributed by atoms with Crippen LogP contribution in [0.1, 0.15) is 26.2 Å². The predicted octanol–water partition coefficient (Wildman–Crippen LogP) is 3.41. The van der Waals surface area contributed by atoms with Crippen molar-refractivity contribution in [1.82, 2.24) is 0 Å². The Morgan fingerprint density at radius 2 is 1.95 bits per heavy atom. The minimum absolute atomic E-state index is 0.265. The van der Waals surface area contributed by atoms with E-state index in [0.717, 1.165) is 19.4 Å². The Morgan fingerprint density at radius 3 is 2.58 bits per heavy atom. The first kappa shape index (κ1) is 15.3. The fraction of sp³-hybridized carbons (Fsp3) is 0.438. The van der Waals surface area contributed by atoms with Crippen LogP contribution in [0.5, 0.6) is 0 Å². The van der Waals surface area contributed by atoms with Crippen LogP contribution in [0.4, 0.5) is 5.69 Å². The Bertz CT molecular complexity index is 400. The molecule has 0 aliphatic rings. The molecule has 3 nitrogen and oxygen atoms in total. The first-order chi connectivity index (χ1) is 9.15. The van der Waals surface area contributed by atoms with Crippen LogP contribution in [0.3, 0.4) is 0 Å². The predicted molar refractivity (Wildman–Crippen MR) is 79.3 cm³/mol. The number of hydrogen-bond acceptors (Lipinski definition) is 3. The number of carbonyl (C=O) groups excluding carboxylic acids is 1. The third-order valence-electron chi connectivity index (χ3n) is 2.98. The van der Waals surface area contributed by atoms with Crippen LogP contribution in [0.15, 0.2) is 42.5 Å². The number of anilines is 1. The summed E-state index contributed by atoms with van der Waals surface area (Å²) in [6.45, 7) is 6.95. The zero-order valence-electron chi connectivity index (χ0n) is 11.9. The van der Waals surface area contributed by atoms with Crippen LogP contribution < -0.4 is 4.90 Å². The molecule has 19 heavy (non-hydrogen) atoms. The highest BCUT2D eigenvalue weighted by Gasteiger charge is 2.07. The molecule has 0 N–H and O–H groups in total. The second-order valence-electron chi connectivity index (χ2n) is 4.54. The lowest BCUT2D eigenvalue weighted by Gasteiger charge is -2.19. The van der Waals surface area contributed by atoms with Crippen molar-refractivity contribution < 1.29 is 9.53 Å². The van der Waals surface area contributed by atoms with Crippen LogP contribution in [0.2, 0.25) is 0 Å². The van der Waals surface area contributed by atoms with Gasteiger partial charge in [-0.3, -0.25) is 0 Å². The Hall–Kier alpha value is -1.77. The number of benzene rings is 1. The van der Waals surface area contributed by atoms with Gasteiger partial charge in [0, 0.05) is 24.9 Å². The van der Waals surface area contributed by atoms with Gasteiger partial charge >= 0.3 is 5.97 Å². The van der Waals surface area contributed by atoms with E-state index >= 15 is 0 Å². The molecule has 3 heteroatoms. The molecule has 1 aromatic carbocycles. The highest BCUT2D eigenvalue weighted by molar-refractivity contribution is 5.87. The fourth-order valence-electron chi connectivity index (χ4n) is 1.83. The number of hydrogen-bond donors (Lipinski definition) is 0. The standard InChI is InChI=1S/C16H23NO2/c1-4-19-16(18)14(2)10-8-9-13-17(3)15-11-6-5-7-12-15/h5-7,11-12H,2,4,8-10,13H2,1,3H3. The maximum atomic E-state index is 11.4. The van der Waals surface area contributed by atoms with Gasteiger partial charge in [0.15, 0.2) is 0 Å². The second-order valence-corrected chi connectivity index (χ2v) is 4.54. The molecule has 0 atom stereocenters. The summed E-state index contributed by atoms with van der Waals surface area (Å²) >= 11 is 0. The smallest absolute Gasteiger partial charge is 0.333 e. The molecule has 0 aliphatic carbocycles. The minimum Gasteiger partial charge on any atom is -0.463 e. The Labute approximate surface area is 115 Å².